The number of non-ortho nitro benzene ring substituents is 2. The lowest BCUT2D eigenvalue weighted by Gasteiger charge is -2.14. The molecule has 0 amide bonds. The zero-order valence-corrected chi connectivity index (χ0v) is 16.5. The molecule has 1 aromatic heterocycles. The van der Waals surface area contributed by atoms with Gasteiger partial charge < -0.3 is 10.4 Å². The Kier molecular flexibility index (Phi) is 5.44. The van der Waals surface area contributed by atoms with Crippen LogP contribution in [0, 0.1) is 20.2 Å². The van der Waals surface area contributed by atoms with Gasteiger partial charge in [0.2, 0.25) is 0 Å². The fraction of sp³-hybridized carbons (Fsp3) is 0.0909. The average molecular weight is 432 g/mol. The van der Waals surface area contributed by atoms with Crippen LogP contribution in [0.2, 0.25) is 0 Å². The molecule has 0 spiro atoms. The molecule has 2 N–H and O–H groups in total. The summed E-state index contributed by atoms with van der Waals surface area (Å²) in [6.07, 6.45) is 0.116. The van der Waals surface area contributed by atoms with Gasteiger partial charge in [-0.3, -0.25) is 25.0 Å². The number of rotatable bonds is 7. The molecule has 4 rings (SSSR count). The van der Waals surface area contributed by atoms with Gasteiger partial charge in [-0.15, -0.1) is 0 Å². The van der Waals surface area contributed by atoms with Crippen molar-refractivity contribution < 1.29 is 19.7 Å². The predicted octanol–water partition coefficient (Wildman–Crippen LogP) is 4.05. The summed E-state index contributed by atoms with van der Waals surface area (Å²) in [6, 6.07) is 15.6. The molecule has 3 aromatic carbocycles. The van der Waals surface area contributed by atoms with E-state index in [1.54, 1.807) is 36.4 Å². The number of nitrogens with zero attached hydrogens (tertiary/aromatic N) is 3. The molecule has 0 fully saturated rings. The number of hydrogen-bond acceptors (Lipinski definition) is 8. The Bertz CT molecular complexity index is 1310. The number of aliphatic hydroxyl groups is 1. The van der Waals surface area contributed by atoms with E-state index in [4.69, 9.17) is 5.11 Å². The number of pyridine rings is 1. The number of benzene rings is 3. The third-order valence-electron chi connectivity index (χ3n) is 4.96. The van der Waals surface area contributed by atoms with Crippen molar-refractivity contribution in [2.24, 2.45) is 0 Å². The van der Waals surface area contributed by atoms with Crippen LogP contribution in [-0.4, -0.2) is 32.3 Å². The maximum absolute atomic E-state index is 11.4. The molecule has 4 aromatic rings. The van der Waals surface area contributed by atoms with Crippen molar-refractivity contribution in [2.45, 2.75) is 6.42 Å². The number of Topliss-reactive ketones (excluding diaryl/α,β-unsaturated/α-hetero) is 1. The molecule has 160 valence electrons. The summed E-state index contributed by atoms with van der Waals surface area (Å²) < 4.78 is 0. The van der Waals surface area contributed by atoms with Crippen LogP contribution in [0.4, 0.5) is 22.7 Å². The van der Waals surface area contributed by atoms with Gasteiger partial charge in [-0.25, -0.2) is 4.98 Å². The first-order valence-electron chi connectivity index (χ1n) is 9.50. The third kappa shape index (κ3) is 4.07. The normalized spacial score (nSPS) is 10.9. The molecule has 0 saturated carbocycles. The fourth-order valence-electron chi connectivity index (χ4n) is 3.42. The van der Waals surface area contributed by atoms with Crippen molar-refractivity contribution in [3.05, 3.63) is 86.5 Å². The number of aliphatic hydroxyl groups excluding tert-OH is 1. The van der Waals surface area contributed by atoms with Crippen LogP contribution < -0.4 is 5.32 Å². The SMILES string of the molecule is O=C(CO)Cc1ccc(Nc2c3ccc([N+](=O)[O-])cc3nc3cc([N+](=O)[O-])ccc23)cc1. The summed E-state index contributed by atoms with van der Waals surface area (Å²) in [5.74, 6) is -0.292. The maximum Gasteiger partial charge on any atom is 0.271 e. The van der Waals surface area contributed by atoms with E-state index >= 15 is 0 Å². The molecule has 0 aliphatic carbocycles. The molecule has 1 heterocycles. The lowest BCUT2D eigenvalue weighted by molar-refractivity contribution is -0.384. The summed E-state index contributed by atoms with van der Waals surface area (Å²) in [6.45, 7) is -0.521. The highest BCUT2D eigenvalue weighted by atomic mass is 16.6. The van der Waals surface area contributed by atoms with E-state index in [9.17, 15) is 25.0 Å². The zero-order valence-electron chi connectivity index (χ0n) is 16.5. The van der Waals surface area contributed by atoms with Crippen LogP contribution in [0.25, 0.3) is 21.8 Å². The van der Waals surface area contributed by atoms with Crippen LogP contribution in [0.3, 0.4) is 0 Å². The number of fused-ring (bicyclic) bond motifs is 2. The van der Waals surface area contributed by atoms with E-state index in [0.29, 0.717) is 33.2 Å². The monoisotopic (exact) mass is 432 g/mol. The number of carbonyl (C=O) groups is 1. The molecule has 0 aliphatic rings. The Morgan fingerprint density at radius 3 is 1.88 bits per heavy atom. The van der Waals surface area contributed by atoms with Crippen LogP contribution >= 0.6 is 0 Å². The van der Waals surface area contributed by atoms with Gasteiger partial charge in [0.15, 0.2) is 5.78 Å². The average Bonchev–Trinajstić information content (AvgIpc) is 2.79. The van der Waals surface area contributed by atoms with Gasteiger partial charge in [-0.05, 0) is 29.8 Å². The zero-order chi connectivity index (χ0) is 22.8. The highest BCUT2D eigenvalue weighted by Gasteiger charge is 2.16. The second-order valence-corrected chi connectivity index (χ2v) is 7.10. The van der Waals surface area contributed by atoms with Crippen LogP contribution in [0.1, 0.15) is 5.56 Å². The summed E-state index contributed by atoms with van der Waals surface area (Å²) >= 11 is 0. The highest BCUT2D eigenvalue weighted by molar-refractivity contribution is 6.09. The molecular formula is C22H16N4O6. The molecule has 10 nitrogen and oxygen atoms in total. The van der Waals surface area contributed by atoms with Crippen molar-refractivity contribution in [3.8, 4) is 0 Å². The minimum Gasteiger partial charge on any atom is -0.389 e. The van der Waals surface area contributed by atoms with E-state index in [-0.39, 0.29) is 23.6 Å². The topological polar surface area (TPSA) is 148 Å². The summed E-state index contributed by atoms with van der Waals surface area (Å²) in [5.41, 5.74) is 2.37. The van der Waals surface area contributed by atoms with Crippen LogP contribution in [-0.2, 0) is 11.2 Å². The molecule has 0 radical (unpaired) electrons. The predicted molar refractivity (Wildman–Crippen MR) is 118 cm³/mol. The summed E-state index contributed by atoms with van der Waals surface area (Å²) in [4.78, 5) is 37.2. The van der Waals surface area contributed by atoms with E-state index in [1.165, 1.54) is 24.3 Å². The van der Waals surface area contributed by atoms with Gasteiger partial charge in [0, 0.05) is 47.1 Å². The van der Waals surface area contributed by atoms with Gasteiger partial charge in [-0.2, -0.15) is 0 Å². The van der Waals surface area contributed by atoms with Crippen LogP contribution in [0.15, 0.2) is 60.7 Å². The first-order chi connectivity index (χ1) is 15.4. The molecule has 0 aliphatic heterocycles. The van der Waals surface area contributed by atoms with Crippen molar-refractivity contribution in [2.75, 3.05) is 11.9 Å². The number of anilines is 2. The second kappa shape index (κ2) is 8.36. The largest absolute Gasteiger partial charge is 0.389 e. The number of nitro groups is 2. The Balaban J connectivity index is 1.84. The van der Waals surface area contributed by atoms with E-state index in [2.05, 4.69) is 10.3 Å². The number of carbonyl (C=O) groups excluding carboxylic acids is 1. The molecule has 10 heteroatoms. The highest BCUT2D eigenvalue weighted by Crippen LogP contribution is 2.36. The third-order valence-corrected chi connectivity index (χ3v) is 4.96. The number of nitrogens with one attached hydrogen (secondary N) is 1. The minimum absolute atomic E-state index is 0.116. The van der Waals surface area contributed by atoms with Crippen molar-refractivity contribution >= 4 is 50.3 Å². The van der Waals surface area contributed by atoms with E-state index in [1.807, 2.05) is 0 Å². The number of aromatic nitrogens is 1. The van der Waals surface area contributed by atoms with Crippen molar-refractivity contribution in [1.29, 1.82) is 0 Å². The van der Waals surface area contributed by atoms with Crippen molar-refractivity contribution in [1.82, 2.24) is 4.98 Å². The van der Waals surface area contributed by atoms with Gasteiger partial charge in [0.1, 0.15) is 6.61 Å². The molecule has 0 atom stereocenters. The fourth-order valence-corrected chi connectivity index (χ4v) is 3.42. The smallest absolute Gasteiger partial charge is 0.271 e. The van der Waals surface area contributed by atoms with Gasteiger partial charge in [-0.1, -0.05) is 12.1 Å². The lowest BCUT2D eigenvalue weighted by atomic mass is 10.1. The first kappa shape index (κ1) is 20.8. The van der Waals surface area contributed by atoms with E-state index < -0.39 is 16.5 Å². The number of ketones is 1. The molecule has 0 saturated heterocycles. The van der Waals surface area contributed by atoms with Crippen molar-refractivity contribution in [3.63, 3.8) is 0 Å². The maximum atomic E-state index is 11.4. The molecule has 0 bridgehead atoms. The Hall–Kier alpha value is -4.44. The first-order valence-corrected chi connectivity index (χ1v) is 9.50. The van der Waals surface area contributed by atoms with Gasteiger partial charge >= 0.3 is 0 Å². The summed E-state index contributed by atoms with van der Waals surface area (Å²) in [5, 5.41) is 35.8. The number of hydrogen-bond donors (Lipinski definition) is 2. The molecular weight excluding hydrogens is 416 g/mol. The van der Waals surface area contributed by atoms with Gasteiger partial charge in [0.25, 0.3) is 11.4 Å². The minimum atomic E-state index is -0.530. The Morgan fingerprint density at radius 1 is 0.875 bits per heavy atom. The van der Waals surface area contributed by atoms with Crippen LogP contribution in [0.5, 0.6) is 0 Å². The second-order valence-electron chi connectivity index (χ2n) is 7.10. The van der Waals surface area contributed by atoms with Gasteiger partial charge in [0.05, 0.1) is 26.6 Å². The molecule has 0 unspecified atom stereocenters. The Morgan fingerprint density at radius 2 is 1.41 bits per heavy atom. The Labute approximate surface area is 180 Å². The standard InChI is InChI=1S/C22H16N4O6/c27-12-17(28)9-13-1-3-14(4-2-13)23-22-18-7-5-15(25(29)30)10-20(18)24-21-11-16(26(31)32)6-8-19(21)22/h1-8,10-11,27H,9,12H2,(H,23,24). The molecule has 32 heavy (non-hydrogen) atoms. The number of nitro benzene ring substituents is 2. The quantitative estimate of drug-likeness (QED) is 0.252. The lowest BCUT2D eigenvalue weighted by Crippen LogP contribution is -2.07. The summed E-state index contributed by atoms with van der Waals surface area (Å²) in [7, 11) is 0. The van der Waals surface area contributed by atoms with E-state index in [0.717, 1.165) is 5.56 Å².